The summed E-state index contributed by atoms with van der Waals surface area (Å²) in [6, 6.07) is 8.04. The molecule has 0 aliphatic heterocycles. The molecule has 0 bridgehead atoms. The molecule has 2 aromatic carbocycles. The summed E-state index contributed by atoms with van der Waals surface area (Å²) in [5.41, 5.74) is 2.89. The second kappa shape index (κ2) is 9.73. The van der Waals surface area contributed by atoms with Crippen LogP contribution in [-0.2, 0) is 4.79 Å². The number of carbonyl (C=O) groups excluding carboxylic acids is 1. The maximum Gasteiger partial charge on any atom is 0.243 e. The lowest BCUT2D eigenvalue weighted by atomic mass is 10.2. The second-order valence-corrected chi connectivity index (χ2v) is 7.53. The number of hydrogen-bond donors (Lipinski definition) is 3. The zero-order valence-electron chi connectivity index (χ0n) is 15.4. The van der Waals surface area contributed by atoms with Gasteiger partial charge in [0.25, 0.3) is 0 Å². The third-order valence-electron chi connectivity index (χ3n) is 4.03. The number of thioether (sulfide) groups is 1. The molecule has 1 amide bonds. The van der Waals surface area contributed by atoms with Crippen molar-refractivity contribution in [2.24, 2.45) is 0 Å². The highest BCUT2D eigenvalue weighted by atomic mass is 35.5. The number of anilines is 2. The molecule has 0 saturated carbocycles. The average Bonchev–Trinajstić information content (AvgIpc) is 2.73. The standard InChI is InChI=1S/C19H18ClFN4O3S/c1-28-16-9-15-12(8-17(16)29-6-2-3-18(26)25-27)19(23-10-22-15)24-11-4-5-14(21)13(20)7-11/h4-5,7-10,27H,2-3,6H2,1H3,(H,25,26)(H,22,23,24). The van der Waals surface area contributed by atoms with E-state index in [9.17, 15) is 9.18 Å². The van der Waals surface area contributed by atoms with Crippen molar-refractivity contribution in [3.8, 4) is 5.75 Å². The van der Waals surface area contributed by atoms with Crippen LogP contribution >= 0.6 is 23.4 Å². The topological polar surface area (TPSA) is 96.4 Å². The molecule has 0 unspecified atom stereocenters. The molecule has 29 heavy (non-hydrogen) atoms. The minimum Gasteiger partial charge on any atom is -0.496 e. The summed E-state index contributed by atoms with van der Waals surface area (Å²) < 4.78 is 18.9. The summed E-state index contributed by atoms with van der Waals surface area (Å²) in [6.07, 6.45) is 2.24. The maximum atomic E-state index is 13.4. The van der Waals surface area contributed by atoms with Gasteiger partial charge in [0.05, 0.1) is 22.5 Å². The van der Waals surface area contributed by atoms with Crippen LogP contribution in [-0.4, -0.2) is 33.9 Å². The van der Waals surface area contributed by atoms with Gasteiger partial charge >= 0.3 is 0 Å². The lowest BCUT2D eigenvalue weighted by molar-refractivity contribution is -0.129. The molecular formula is C19H18ClFN4O3S. The molecule has 0 fully saturated rings. The van der Waals surface area contributed by atoms with Crippen molar-refractivity contribution >= 4 is 51.7 Å². The minimum atomic E-state index is -0.497. The summed E-state index contributed by atoms with van der Waals surface area (Å²) >= 11 is 7.37. The first-order valence-electron chi connectivity index (χ1n) is 8.62. The smallest absolute Gasteiger partial charge is 0.243 e. The van der Waals surface area contributed by atoms with Crippen LogP contribution in [0.3, 0.4) is 0 Å². The normalized spacial score (nSPS) is 10.8. The predicted octanol–water partition coefficient (Wildman–Crippen LogP) is 4.55. The van der Waals surface area contributed by atoms with E-state index in [0.717, 1.165) is 10.3 Å². The third kappa shape index (κ3) is 5.26. The molecule has 1 aromatic heterocycles. The number of fused-ring (bicyclic) bond motifs is 1. The Labute approximate surface area is 175 Å². The van der Waals surface area contributed by atoms with Crippen LogP contribution in [0.25, 0.3) is 10.9 Å². The average molecular weight is 437 g/mol. The highest BCUT2D eigenvalue weighted by molar-refractivity contribution is 7.99. The van der Waals surface area contributed by atoms with Crippen molar-refractivity contribution in [3.05, 3.63) is 47.5 Å². The Morgan fingerprint density at radius 1 is 1.31 bits per heavy atom. The van der Waals surface area contributed by atoms with E-state index in [1.54, 1.807) is 18.7 Å². The molecule has 3 rings (SSSR count). The molecule has 10 heteroatoms. The molecule has 0 aliphatic carbocycles. The van der Waals surface area contributed by atoms with Crippen LogP contribution in [0.4, 0.5) is 15.9 Å². The Bertz CT molecular complexity index is 1040. The number of carbonyl (C=O) groups is 1. The number of halogens is 2. The van der Waals surface area contributed by atoms with Crippen LogP contribution in [0.5, 0.6) is 5.75 Å². The Morgan fingerprint density at radius 2 is 2.14 bits per heavy atom. The van der Waals surface area contributed by atoms with Gasteiger partial charge in [-0.3, -0.25) is 10.0 Å². The van der Waals surface area contributed by atoms with Gasteiger partial charge in [-0.15, -0.1) is 11.8 Å². The van der Waals surface area contributed by atoms with Crippen molar-refractivity contribution in [1.29, 1.82) is 0 Å². The number of nitrogens with zero attached hydrogens (tertiary/aromatic N) is 2. The molecule has 152 valence electrons. The number of amides is 1. The molecule has 1 heterocycles. The highest BCUT2D eigenvalue weighted by Crippen LogP contribution is 2.36. The number of benzene rings is 2. The van der Waals surface area contributed by atoms with Crippen LogP contribution in [0.15, 0.2) is 41.6 Å². The van der Waals surface area contributed by atoms with Crippen LogP contribution in [0.1, 0.15) is 12.8 Å². The number of methoxy groups -OCH3 is 1. The van der Waals surface area contributed by atoms with Gasteiger partial charge in [-0.25, -0.2) is 19.8 Å². The fourth-order valence-electron chi connectivity index (χ4n) is 2.62. The van der Waals surface area contributed by atoms with Crippen molar-refractivity contribution < 1.29 is 19.1 Å². The molecular weight excluding hydrogens is 419 g/mol. The number of rotatable bonds is 8. The first-order valence-corrected chi connectivity index (χ1v) is 9.98. The van der Waals surface area contributed by atoms with Crippen molar-refractivity contribution in [2.45, 2.75) is 17.7 Å². The maximum absolute atomic E-state index is 13.4. The van der Waals surface area contributed by atoms with Gasteiger partial charge in [0, 0.05) is 23.6 Å². The van der Waals surface area contributed by atoms with E-state index in [-0.39, 0.29) is 11.4 Å². The van der Waals surface area contributed by atoms with Crippen LogP contribution < -0.4 is 15.5 Å². The lowest BCUT2D eigenvalue weighted by Gasteiger charge is -2.13. The molecule has 0 spiro atoms. The van der Waals surface area contributed by atoms with Gasteiger partial charge in [-0.2, -0.15) is 0 Å². The van der Waals surface area contributed by atoms with Crippen molar-refractivity contribution in [1.82, 2.24) is 15.4 Å². The summed E-state index contributed by atoms with van der Waals surface area (Å²) in [4.78, 5) is 20.6. The first kappa shape index (κ1) is 21.1. The summed E-state index contributed by atoms with van der Waals surface area (Å²) in [5, 5.41) is 12.5. The summed E-state index contributed by atoms with van der Waals surface area (Å²) in [7, 11) is 1.57. The van der Waals surface area contributed by atoms with Gasteiger partial charge in [0.2, 0.25) is 5.91 Å². The molecule has 0 radical (unpaired) electrons. The summed E-state index contributed by atoms with van der Waals surface area (Å²) in [5.74, 6) is 0.932. The SMILES string of the molecule is COc1cc2ncnc(Nc3ccc(F)c(Cl)c3)c2cc1SCCCC(=O)NO. The molecule has 0 aliphatic rings. The number of hydrogen-bond acceptors (Lipinski definition) is 7. The quantitative estimate of drug-likeness (QED) is 0.206. The van der Waals surface area contributed by atoms with Crippen LogP contribution in [0, 0.1) is 5.82 Å². The van der Waals surface area contributed by atoms with Crippen molar-refractivity contribution in [2.75, 3.05) is 18.2 Å². The second-order valence-electron chi connectivity index (χ2n) is 5.98. The zero-order chi connectivity index (χ0) is 20.8. The van der Waals surface area contributed by atoms with Gasteiger partial charge in [0.15, 0.2) is 0 Å². The highest BCUT2D eigenvalue weighted by Gasteiger charge is 2.12. The number of ether oxygens (including phenoxy) is 1. The number of nitrogens with one attached hydrogen (secondary N) is 2. The number of hydroxylamine groups is 1. The van der Waals surface area contributed by atoms with E-state index in [4.69, 9.17) is 21.5 Å². The fraction of sp³-hybridized carbons (Fsp3) is 0.211. The van der Waals surface area contributed by atoms with Gasteiger partial charge in [0.1, 0.15) is 23.7 Å². The van der Waals surface area contributed by atoms with Crippen molar-refractivity contribution in [3.63, 3.8) is 0 Å². The first-order chi connectivity index (χ1) is 14.0. The Kier molecular flexibility index (Phi) is 7.08. The van der Waals surface area contributed by atoms with Gasteiger partial charge in [-0.1, -0.05) is 11.6 Å². The Morgan fingerprint density at radius 3 is 2.86 bits per heavy atom. The molecule has 3 aromatic rings. The van der Waals surface area contributed by atoms with E-state index in [2.05, 4.69) is 15.3 Å². The van der Waals surface area contributed by atoms with E-state index in [1.807, 2.05) is 12.1 Å². The number of aromatic nitrogens is 2. The third-order valence-corrected chi connectivity index (χ3v) is 5.45. The van der Waals surface area contributed by atoms with E-state index >= 15 is 0 Å². The van der Waals surface area contributed by atoms with Gasteiger partial charge < -0.3 is 10.1 Å². The molecule has 7 nitrogen and oxygen atoms in total. The monoisotopic (exact) mass is 436 g/mol. The molecule has 3 N–H and O–H groups in total. The van der Waals surface area contributed by atoms with E-state index in [0.29, 0.717) is 34.9 Å². The Balaban J connectivity index is 1.87. The largest absolute Gasteiger partial charge is 0.496 e. The fourth-order valence-corrected chi connectivity index (χ4v) is 3.79. The summed E-state index contributed by atoms with van der Waals surface area (Å²) in [6.45, 7) is 0. The minimum absolute atomic E-state index is 0.0122. The van der Waals surface area contributed by atoms with Crippen LogP contribution in [0.2, 0.25) is 5.02 Å². The molecule has 0 atom stereocenters. The predicted molar refractivity (Wildman–Crippen MR) is 111 cm³/mol. The van der Waals surface area contributed by atoms with E-state index in [1.165, 1.54) is 30.2 Å². The van der Waals surface area contributed by atoms with Gasteiger partial charge in [-0.05, 0) is 36.4 Å². The molecule has 0 saturated heterocycles. The van der Waals surface area contributed by atoms with E-state index < -0.39 is 11.7 Å². The zero-order valence-corrected chi connectivity index (χ0v) is 17.0. The lowest BCUT2D eigenvalue weighted by Crippen LogP contribution is -2.17. The Hall–Kier alpha value is -2.62.